The van der Waals surface area contributed by atoms with Gasteiger partial charge in [0.25, 0.3) is 0 Å². The molecule has 0 bridgehead atoms. The number of nitrogens with one attached hydrogen (secondary N) is 1. The lowest BCUT2D eigenvalue weighted by Crippen LogP contribution is -2.19. The van der Waals surface area contributed by atoms with Gasteiger partial charge in [0, 0.05) is 6.42 Å². The Hall–Kier alpha value is -1.84. The monoisotopic (exact) mass is 260 g/mol. The van der Waals surface area contributed by atoms with Gasteiger partial charge in [-0.25, -0.2) is 0 Å². The van der Waals surface area contributed by atoms with Gasteiger partial charge < -0.3 is 4.74 Å². The Kier molecular flexibility index (Phi) is 4.20. The van der Waals surface area contributed by atoms with Crippen LogP contribution < -0.4 is 10.2 Å². The van der Waals surface area contributed by atoms with E-state index in [1.54, 1.807) is 7.11 Å². The van der Waals surface area contributed by atoms with Crippen LogP contribution in [0.4, 0.5) is 5.69 Å². The zero-order valence-corrected chi connectivity index (χ0v) is 11.7. The van der Waals surface area contributed by atoms with E-state index < -0.39 is 0 Å². The summed E-state index contributed by atoms with van der Waals surface area (Å²) in [4.78, 5) is 11.7. The Morgan fingerprint density at radius 2 is 1.89 bits per heavy atom. The minimum atomic E-state index is 0.168. The third-order valence-electron chi connectivity index (χ3n) is 3.66. The van der Waals surface area contributed by atoms with E-state index in [9.17, 15) is 4.79 Å². The summed E-state index contributed by atoms with van der Waals surface area (Å²) in [7, 11) is 1.66. The Balaban J connectivity index is 2.18. The largest absolute Gasteiger partial charge is 0.496 e. The van der Waals surface area contributed by atoms with Crippen LogP contribution in [-0.2, 0) is 4.79 Å². The number of rotatable bonds is 3. The van der Waals surface area contributed by atoms with Crippen molar-refractivity contribution in [1.29, 1.82) is 0 Å². The summed E-state index contributed by atoms with van der Waals surface area (Å²) in [6, 6.07) is 3.84. The van der Waals surface area contributed by atoms with Gasteiger partial charge in [0.1, 0.15) is 11.5 Å². The number of carbonyl (C=O) groups excluding carboxylic acids is 1. The highest BCUT2D eigenvalue weighted by atomic mass is 16.5. The molecule has 0 heterocycles. The van der Waals surface area contributed by atoms with Crippen molar-refractivity contribution in [2.45, 2.75) is 39.5 Å². The van der Waals surface area contributed by atoms with Gasteiger partial charge in [0.05, 0.1) is 12.8 Å². The molecule has 0 saturated heterocycles. The second kappa shape index (κ2) is 5.87. The minimum Gasteiger partial charge on any atom is -0.496 e. The van der Waals surface area contributed by atoms with E-state index in [0.29, 0.717) is 12.1 Å². The first-order valence-corrected chi connectivity index (χ1v) is 6.63. The summed E-state index contributed by atoms with van der Waals surface area (Å²) in [6.45, 7) is 4.03. The van der Waals surface area contributed by atoms with Gasteiger partial charge in [0.2, 0.25) is 0 Å². The number of hydrogen-bond donors (Lipinski definition) is 1. The molecular formula is C15H20N2O2. The molecule has 1 saturated carbocycles. The van der Waals surface area contributed by atoms with Gasteiger partial charge in [0.15, 0.2) is 5.78 Å². The molecule has 0 aliphatic heterocycles. The van der Waals surface area contributed by atoms with E-state index in [-0.39, 0.29) is 5.78 Å². The van der Waals surface area contributed by atoms with Crippen molar-refractivity contribution in [1.82, 2.24) is 0 Å². The Morgan fingerprint density at radius 1 is 1.16 bits per heavy atom. The molecule has 102 valence electrons. The van der Waals surface area contributed by atoms with E-state index in [0.717, 1.165) is 41.8 Å². The number of benzene rings is 1. The van der Waals surface area contributed by atoms with E-state index >= 15 is 0 Å². The van der Waals surface area contributed by atoms with Crippen molar-refractivity contribution in [3.05, 3.63) is 23.3 Å². The summed E-state index contributed by atoms with van der Waals surface area (Å²) >= 11 is 0. The number of ketones is 1. The van der Waals surface area contributed by atoms with Gasteiger partial charge >= 0.3 is 0 Å². The van der Waals surface area contributed by atoms with Crippen molar-refractivity contribution in [3.63, 3.8) is 0 Å². The minimum absolute atomic E-state index is 0.168. The first-order chi connectivity index (χ1) is 9.13. The van der Waals surface area contributed by atoms with Crippen LogP contribution in [0.2, 0.25) is 0 Å². The molecule has 1 aliphatic rings. The maximum Gasteiger partial charge on any atom is 0.178 e. The van der Waals surface area contributed by atoms with Crippen molar-refractivity contribution in [2.24, 2.45) is 5.10 Å². The van der Waals surface area contributed by atoms with Crippen LogP contribution in [-0.4, -0.2) is 18.6 Å². The fourth-order valence-corrected chi connectivity index (χ4v) is 2.25. The average molecular weight is 260 g/mol. The van der Waals surface area contributed by atoms with E-state index in [4.69, 9.17) is 4.74 Å². The molecule has 0 spiro atoms. The van der Waals surface area contributed by atoms with Crippen LogP contribution in [0.15, 0.2) is 17.2 Å². The van der Waals surface area contributed by atoms with Crippen molar-refractivity contribution >= 4 is 17.2 Å². The highest BCUT2D eigenvalue weighted by molar-refractivity contribution is 6.40. The normalized spacial score (nSPS) is 17.6. The van der Waals surface area contributed by atoms with Crippen molar-refractivity contribution < 1.29 is 9.53 Å². The van der Waals surface area contributed by atoms with E-state index in [1.165, 1.54) is 0 Å². The molecule has 0 unspecified atom stereocenters. The van der Waals surface area contributed by atoms with Gasteiger partial charge in [-0.1, -0.05) is 0 Å². The topological polar surface area (TPSA) is 50.7 Å². The third kappa shape index (κ3) is 2.95. The molecule has 1 aromatic rings. The predicted octanol–water partition coefficient (Wildman–Crippen LogP) is 3.22. The SMILES string of the molecule is COc1ccc(N/N=C2\CCCCC2=O)c(C)c1C. The molecule has 0 radical (unpaired) electrons. The molecule has 2 rings (SSSR count). The number of hydrazone groups is 1. The number of ether oxygens (including phenoxy) is 1. The molecule has 1 aromatic carbocycles. The number of carbonyl (C=O) groups is 1. The average Bonchev–Trinajstić information content (AvgIpc) is 2.42. The van der Waals surface area contributed by atoms with Crippen LogP contribution in [0.5, 0.6) is 5.75 Å². The lowest BCUT2D eigenvalue weighted by Gasteiger charge is -2.14. The van der Waals surface area contributed by atoms with Crippen LogP contribution >= 0.6 is 0 Å². The quantitative estimate of drug-likeness (QED) is 0.849. The molecule has 0 amide bonds. The number of hydrogen-bond acceptors (Lipinski definition) is 4. The Morgan fingerprint density at radius 3 is 2.58 bits per heavy atom. The first kappa shape index (κ1) is 13.6. The zero-order valence-electron chi connectivity index (χ0n) is 11.7. The summed E-state index contributed by atoms with van der Waals surface area (Å²) in [5, 5.41) is 4.27. The molecule has 1 aliphatic carbocycles. The molecule has 19 heavy (non-hydrogen) atoms. The summed E-state index contributed by atoms with van der Waals surface area (Å²) in [5.74, 6) is 1.03. The maximum absolute atomic E-state index is 11.7. The van der Waals surface area contributed by atoms with Crippen LogP contribution in [0.25, 0.3) is 0 Å². The van der Waals surface area contributed by atoms with Gasteiger partial charge in [-0.3, -0.25) is 10.2 Å². The second-order valence-electron chi connectivity index (χ2n) is 4.87. The number of Topliss-reactive ketones (excluding diaryl/α,β-unsaturated/α-hetero) is 1. The highest BCUT2D eigenvalue weighted by Gasteiger charge is 2.16. The highest BCUT2D eigenvalue weighted by Crippen LogP contribution is 2.27. The fraction of sp³-hybridized carbons (Fsp3) is 0.467. The molecular weight excluding hydrogens is 240 g/mol. The lowest BCUT2D eigenvalue weighted by atomic mass is 9.97. The molecule has 0 atom stereocenters. The molecule has 1 fully saturated rings. The summed E-state index contributed by atoms with van der Waals surface area (Å²) in [6.07, 6.45) is 3.44. The first-order valence-electron chi connectivity index (χ1n) is 6.63. The standard InChI is InChI=1S/C15H20N2O2/c1-10-11(2)15(19-3)9-8-12(10)16-17-13-6-4-5-7-14(13)18/h8-9,16H,4-7H2,1-3H3/b17-13+. The van der Waals surface area contributed by atoms with Crippen LogP contribution in [0, 0.1) is 13.8 Å². The predicted molar refractivity (Wildman–Crippen MR) is 77.0 cm³/mol. The van der Waals surface area contributed by atoms with Crippen molar-refractivity contribution in [2.75, 3.05) is 12.5 Å². The van der Waals surface area contributed by atoms with E-state index in [2.05, 4.69) is 10.5 Å². The summed E-state index contributed by atoms with van der Waals surface area (Å²) < 4.78 is 5.27. The van der Waals surface area contributed by atoms with Gasteiger partial charge in [-0.05, 0) is 56.4 Å². The smallest absolute Gasteiger partial charge is 0.178 e. The Labute approximate surface area is 113 Å². The van der Waals surface area contributed by atoms with Gasteiger partial charge in [-0.2, -0.15) is 5.10 Å². The fourth-order valence-electron chi connectivity index (χ4n) is 2.25. The molecule has 0 aromatic heterocycles. The van der Waals surface area contributed by atoms with Crippen molar-refractivity contribution in [3.8, 4) is 5.75 Å². The molecule has 4 heteroatoms. The second-order valence-corrected chi connectivity index (χ2v) is 4.87. The maximum atomic E-state index is 11.7. The third-order valence-corrected chi connectivity index (χ3v) is 3.66. The Bertz CT molecular complexity index is 521. The molecule has 4 nitrogen and oxygen atoms in total. The number of methoxy groups -OCH3 is 1. The van der Waals surface area contributed by atoms with E-state index in [1.807, 2.05) is 26.0 Å². The van der Waals surface area contributed by atoms with Crippen LogP contribution in [0.1, 0.15) is 36.8 Å². The molecule has 1 N–H and O–H groups in total. The summed E-state index contributed by atoms with van der Waals surface area (Å²) in [5.41, 5.74) is 6.78. The lowest BCUT2D eigenvalue weighted by molar-refractivity contribution is -0.113. The van der Waals surface area contributed by atoms with Crippen LogP contribution in [0.3, 0.4) is 0 Å². The zero-order chi connectivity index (χ0) is 13.8. The van der Waals surface area contributed by atoms with Gasteiger partial charge in [-0.15, -0.1) is 0 Å². The number of anilines is 1. The number of nitrogens with zero attached hydrogens (tertiary/aromatic N) is 1.